The van der Waals surface area contributed by atoms with Gasteiger partial charge in [0.1, 0.15) is 17.2 Å². The van der Waals surface area contributed by atoms with E-state index < -0.39 is 0 Å². The molecule has 1 aromatic carbocycles. The monoisotopic (exact) mass is 287 g/mol. The highest BCUT2D eigenvalue weighted by Crippen LogP contribution is 2.35. The number of hydrogen-bond donors (Lipinski definition) is 1. The standard InChI is InChI=1S/C16H21N3S/c1-5-17-15-14(11(2)3)16(19-10-18-15)20-13-8-6-12(4)7-9-13/h6-11H,5H2,1-4H3,(H,17,18,19). The van der Waals surface area contributed by atoms with E-state index >= 15 is 0 Å². The second kappa shape index (κ2) is 6.75. The minimum atomic E-state index is 0.387. The first-order valence-electron chi connectivity index (χ1n) is 6.95. The van der Waals surface area contributed by atoms with Gasteiger partial charge in [-0.1, -0.05) is 43.3 Å². The van der Waals surface area contributed by atoms with Crippen LogP contribution >= 0.6 is 11.8 Å². The number of rotatable bonds is 5. The summed E-state index contributed by atoms with van der Waals surface area (Å²) < 4.78 is 0. The molecule has 1 aromatic heterocycles. The normalized spacial score (nSPS) is 10.8. The molecule has 0 aliphatic carbocycles. The second-order valence-corrected chi connectivity index (χ2v) is 6.10. The van der Waals surface area contributed by atoms with E-state index in [9.17, 15) is 0 Å². The molecule has 2 aromatic rings. The van der Waals surface area contributed by atoms with Crippen LogP contribution in [0, 0.1) is 6.92 Å². The molecule has 3 nitrogen and oxygen atoms in total. The fraction of sp³-hybridized carbons (Fsp3) is 0.375. The Bertz CT molecular complexity index is 564. The van der Waals surface area contributed by atoms with E-state index in [-0.39, 0.29) is 0 Å². The molecule has 0 amide bonds. The Balaban J connectivity index is 2.35. The van der Waals surface area contributed by atoms with Crippen LogP contribution in [0.2, 0.25) is 0 Å². The van der Waals surface area contributed by atoms with Crippen LogP contribution in [0.15, 0.2) is 40.5 Å². The highest BCUT2D eigenvalue weighted by atomic mass is 32.2. The molecule has 0 aliphatic rings. The number of nitrogens with one attached hydrogen (secondary N) is 1. The third-order valence-corrected chi connectivity index (χ3v) is 4.03. The van der Waals surface area contributed by atoms with E-state index in [4.69, 9.17) is 0 Å². The minimum absolute atomic E-state index is 0.387. The zero-order valence-electron chi connectivity index (χ0n) is 12.5. The van der Waals surface area contributed by atoms with Gasteiger partial charge in [-0.25, -0.2) is 9.97 Å². The van der Waals surface area contributed by atoms with Gasteiger partial charge >= 0.3 is 0 Å². The van der Waals surface area contributed by atoms with Crippen molar-refractivity contribution in [2.24, 2.45) is 0 Å². The average molecular weight is 287 g/mol. The van der Waals surface area contributed by atoms with Crippen molar-refractivity contribution in [3.8, 4) is 0 Å². The lowest BCUT2D eigenvalue weighted by Gasteiger charge is -2.16. The molecule has 2 rings (SSSR count). The highest BCUT2D eigenvalue weighted by Gasteiger charge is 2.15. The molecule has 0 radical (unpaired) electrons. The lowest BCUT2D eigenvalue weighted by molar-refractivity contribution is 0.803. The summed E-state index contributed by atoms with van der Waals surface area (Å²) in [6, 6.07) is 8.53. The molecule has 0 saturated heterocycles. The Morgan fingerprint density at radius 1 is 1.15 bits per heavy atom. The number of benzene rings is 1. The van der Waals surface area contributed by atoms with Crippen LogP contribution in [0.4, 0.5) is 5.82 Å². The Labute approximate surface area is 125 Å². The van der Waals surface area contributed by atoms with Crippen LogP contribution < -0.4 is 5.32 Å². The number of aryl methyl sites for hydroxylation is 1. The smallest absolute Gasteiger partial charge is 0.133 e. The van der Waals surface area contributed by atoms with Crippen LogP contribution in [0.5, 0.6) is 0 Å². The summed E-state index contributed by atoms with van der Waals surface area (Å²) in [4.78, 5) is 10.1. The predicted octanol–water partition coefficient (Wildman–Crippen LogP) is 4.49. The van der Waals surface area contributed by atoms with Gasteiger partial charge in [0.15, 0.2) is 0 Å². The predicted molar refractivity (Wildman–Crippen MR) is 85.6 cm³/mol. The maximum Gasteiger partial charge on any atom is 0.133 e. The van der Waals surface area contributed by atoms with Crippen molar-refractivity contribution in [3.63, 3.8) is 0 Å². The summed E-state index contributed by atoms with van der Waals surface area (Å²) in [5, 5.41) is 4.37. The van der Waals surface area contributed by atoms with Crippen LogP contribution in [-0.4, -0.2) is 16.5 Å². The summed E-state index contributed by atoms with van der Waals surface area (Å²) in [6.07, 6.45) is 1.64. The van der Waals surface area contributed by atoms with Gasteiger partial charge in [0.05, 0.1) is 0 Å². The second-order valence-electron chi connectivity index (χ2n) is 5.04. The molecule has 4 heteroatoms. The molecule has 0 unspecified atom stereocenters. The van der Waals surface area contributed by atoms with Crippen molar-refractivity contribution < 1.29 is 0 Å². The van der Waals surface area contributed by atoms with Crippen LogP contribution in [0.25, 0.3) is 0 Å². The first-order valence-corrected chi connectivity index (χ1v) is 7.76. The molecule has 0 fully saturated rings. The fourth-order valence-electron chi connectivity index (χ4n) is 2.01. The minimum Gasteiger partial charge on any atom is -0.370 e. The van der Waals surface area contributed by atoms with E-state index in [1.807, 2.05) is 0 Å². The first-order chi connectivity index (χ1) is 9.61. The highest BCUT2D eigenvalue weighted by molar-refractivity contribution is 7.99. The van der Waals surface area contributed by atoms with Crippen LogP contribution in [0.1, 0.15) is 37.8 Å². The number of anilines is 1. The van der Waals surface area contributed by atoms with Crippen LogP contribution in [-0.2, 0) is 0 Å². The first kappa shape index (κ1) is 14.9. The number of hydrogen-bond acceptors (Lipinski definition) is 4. The van der Waals surface area contributed by atoms with Crippen molar-refractivity contribution in [1.82, 2.24) is 9.97 Å². The lowest BCUT2D eigenvalue weighted by Crippen LogP contribution is -2.07. The summed E-state index contributed by atoms with van der Waals surface area (Å²) in [7, 11) is 0. The molecule has 0 saturated carbocycles. The molecule has 0 atom stereocenters. The van der Waals surface area contributed by atoms with E-state index in [1.54, 1.807) is 18.1 Å². The fourth-order valence-corrected chi connectivity index (χ4v) is 3.04. The summed E-state index contributed by atoms with van der Waals surface area (Å²) in [6.45, 7) is 9.41. The maximum atomic E-state index is 4.47. The SMILES string of the molecule is CCNc1ncnc(Sc2ccc(C)cc2)c1C(C)C. The zero-order chi connectivity index (χ0) is 14.5. The van der Waals surface area contributed by atoms with Crippen LogP contribution in [0.3, 0.4) is 0 Å². The Hall–Kier alpha value is -1.55. The Morgan fingerprint density at radius 2 is 1.85 bits per heavy atom. The molecular weight excluding hydrogens is 266 g/mol. The van der Waals surface area contributed by atoms with Crippen molar-refractivity contribution in [2.75, 3.05) is 11.9 Å². The molecule has 0 aliphatic heterocycles. The molecule has 106 valence electrons. The summed E-state index contributed by atoms with van der Waals surface area (Å²) in [5.74, 6) is 1.34. The van der Waals surface area contributed by atoms with Crippen molar-refractivity contribution in [2.45, 2.75) is 43.5 Å². The summed E-state index contributed by atoms with van der Waals surface area (Å²) >= 11 is 1.70. The zero-order valence-corrected chi connectivity index (χ0v) is 13.3. The van der Waals surface area contributed by atoms with Gasteiger partial charge < -0.3 is 5.32 Å². The van der Waals surface area contributed by atoms with Gasteiger partial charge in [0.2, 0.25) is 0 Å². The number of aromatic nitrogens is 2. The maximum absolute atomic E-state index is 4.47. The van der Waals surface area contributed by atoms with Crippen molar-refractivity contribution >= 4 is 17.6 Å². The molecule has 0 bridgehead atoms. The van der Waals surface area contributed by atoms with E-state index in [1.165, 1.54) is 16.0 Å². The van der Waals surface area contributed by atoms with Gasteiger partial charge in [-0.3, -0.25) is 0 Å². The lowest BCUT2D eigenvalue weighted by atomic mass is 10.1. The van der Waals surface area contributed by atoms with E-state index in [0.717, 1.165) is 17.4 Å². The third kappa shape index (κ3) is 3.51. The van der Waals surface area contributed by atoms with Gasteiger partial charge in [-0.15, -0.1) is 0 Å². The molecule has 0 spiro atoms. The Morgan fingerprint density at radius 3 is 2.45 bits per heavy atom. The largest absolute Gasteiger partial charge is 0.370 e. The third-order valence-electron chi connectivity index (χ3n) is 3.00. The molecule has 1 N–H and O–H groups in total. The molecular formula is C16H21N3S. The topological polar surface area (TPSA) is 37.8 Å². The molecule has 20 heavy (non-hydrogen) atoms. The van der Waals surface area contributed by atoms with Gasteiger partial charge in [0.25, 0.3) is 0 Å². The van der Waals surface area contributed by atoms with Gasteiger partial charge in [-0.2, -0.15) is 0 Å². The molecule has 1 heterocycles. The quantitative estimate of drug-likeness (QED) is 0.822. The van der Waals surface area contributed by atoms with E-state index in [0.29, 0.717) is 5.92 Å². The van der Waals surface area contributed by atoms with Crippen molar-refractivity contribution in [1.29, 1.82) is 0 Å². The number of nitrogens with zero attached hydrogens (tertiary/aromatic N) is 2. The van der Waals surface area contributed by atoms with Gasteiger partial charge in [-0.05, 0) is 31.9 Å². The van der Waals surface area contributed by atoms with Crippen molar-refractivity contribution in [3.05, 3.63) is 41.7 Å². The summed E-state index contributed by atoms with van der Waals surface area (Å²) in [5.41, 5.74) is 2.47. The van der Waals surface area contributed by atoms with Gasteiger partial charge in [0, 0.05) is 17.0 Å². The Kier molecular flexibility index (Phi) is 5.01. The van der Waals surface area contributed by atoms with E-state index in [2.05, 4.69) is 67.2 Å². The average Bonchev–Trinajstić information content (AvgIpc) is 2.41.